The number of carbonyl (C=O) groups excluding carboxylic acids is 1. The van der Waals surface area contributed by atoms with Gasteiger partial charge < -0.3 is 19.5 Å². The Kier molecular flexibility index (Phi) is 7.55. The van der Waals surface area contributed by atoms with Gasteiger partial charge in [0.15, 0.2) is 22.5 Å². The summed E-state index contributed by atoms with van der Waals surface area (Å²) in [6.45, 7) is 4.32. The number of nitrogens with one attached hydrogen (secondary N) is 1. The van der Waals surface area contributed by atoms with Crippen LogP contribution in [-0.4, -0.2) is 47.8 Å². The van der Waals surface area contributed by atoms with Gasteiger partial charge in [-0.3, -0.25) is 9.36 Å². The van der Waals surface area contributed by atoms with Crippen molar-refractivity contribution >= 4 is 23.4 Å². The number of benzene rings is 2. The molecule has 0 saturated carbocycles. The highest BCUT2D eigenvalue weighted by molar-refractivity contribution is 7.99. The third kappa shape index (κ3) is 5.37. The fourth-order valence-electron chi connectivity index (χ4n) is 2.91. The number of allylic oxidation sites excluding steroid dienone is 1. The maximum atomic E-state index is 12.4. The summed E-state index contributed by atoms with van der Waals surface area (Å²) in [4.78, 5) is 12.4. The molecule has 162 valence electrons. The highest BCUT2D eigenvalue weighted by Crippen LogP contribution is 2.33. The van der Waals surface area contributed by atoms with E-state index in [1.165, 1.54) is 11.8 Å². The Morgan fingerprint density at radius 1 is 1.10 bits per heavy atom. The molecule has 1 N–H and O–H groups in total. The Bertz CT molecular complexity index is 1070. The van der Waals surface area contributed by atoms with Crippen LogP contribution in [-0.2, 0) is 11.3 Å². The zero-order chi connectivity index (χ0) is 22.2. The molecule has 2 aromatic carbocycles. The van der Waals surface area contributed by atoms with E-state index in [2.05, 4.69) is 22.1 Å². The molecule has 3 aromatic rings. The molecule has 0 unspecified atom stereocenters. The predicted octanol–water partition coefficient (Wildman–Crippen LogP) is 3.89. The van der Waals surface area contributed by atoms with Crippen LogP contribution >= 0.6 is 11.8 Å². The molecule has 0 aliphatic carbocycles. The molecule has 0 aliphatic heterocycles. The first-order chi connectivity index (χ1) is 15.1. The van der Waals surface area contributed by atoms with Gasteiger partial charge in [0.25, 0.3) is 0 Å². The van der Waals surface area contributed by atoms with Gasteiger partial charge in [0.1, 0.15) is 5.75 Å². The zero-order valence-electron chi connectivity index (χ0n) is 17.6. The Labute approximate surface area is 185 Å². The van der Waals surface area contributed by atoms with Crippen molar-refractivity contribution in [2.45, 2.75) is 11.7 Å². The van der Waals surface area contributed by atoms with E-state index in [4.69, 9.17) is 14.2 Å². The number of hydrogen-bond acceptors (Lipinski definition) is 7. The summed E-state index contributed by atoms with van der Waals surface area (Å²) in [5.41, 5.74) is 1.49. The van der Waals surface area contributed by atoms with Crippen molar-refractivity contribution in [2.75, 3.05) is 32.4 Å². The van der Waals surface area contributed by atoms with Crippen molar-refractivity contribution in [3.63, 3.8) is 0 Å². The summed E-state index contributed by atoms with van der Waals surface area (Å²) in [6, 6.07) is 12.7. The number of amides is 1. The Morgan fingerprint density at radius 3 is 2.61 bits per heavy atom. The van der Waals surface area contributed by atoms with Crippen LogP contribution in [0.1, 0.15) is 0 Å². The van der Waals surface area contributed by atoms with Crippen molar-refractivity contribution in [3.05, 3.63) is 55.1 Å². The molecule has 0 bridgehead atoms. The second-order valence-corrected chi connectivity index (χ2v) is 7.29. The lowest BCUT2D eigenvalue weighted by Gasteiger charge is -2.11. The standard InChI is InChI=1S/C22H24N4O4S/c1-5-11-26-21(15-9-10-18(29-3)19(12-15)30-4)24-25-22(26)31-14-20(27)23-16-7-6-8-17(13-16)28-2/h5-10,12-13H,1,11,14H2,2-4H3,(H,23,27). The van der Waals surface area contributed by atoms with Crippen LogP contribution in [0.25, 0.3) is 11.4 Å². The summed E-state index contributed by atoms with van der Waals surface area (Å²) in [6.07, 6.45) is 1.76. The minimum Gasteiger partial charge on any atom is -0.497 e. The van der Waals surface area contributed by atoms with E-state index < -0.39 is 0 Å². The van der Waals surface area contributed by atoms with Crippen LogP contribution in [0.15, 0.2) is 60.3 Å². The third-order valence-electron chi connectivity index (χ3n) is 4.36. The van der Waals surface area contributed by atoms with E-state index in [0.717, 1.165) is 5.56 Å². The fraction of sp³-hybridized carbons (Fsp3) is 0.227. The van der Waals surface area contributed by atoms with Crippen LogP contribution in [0.2, 0.25) is 0 Å². The molecule has 0 atom stereocenters. The number of hydrogen-bond donors (Lipinski definition) is 1. The molecule has 0 aliphatic rings. The third-order valence-corrected chi connectivity index (χ3v) is 5.32. The van der Waals surface area contributed by atoms with E-state index in [9.17, 15) is 4.79 Å². The second-order valence-electron chi connectivity index (χ2n) is 6.34. The molecule has 1 heterocycles. The van der Waals surface area contributed by atoms with E-state index in [0.29, 0.717) is 40.5 Å². The summed E-state index contributed by atoms with van der Waals surface area (Å²) in [5.74, 6) is 2.58. The lowest BCUT2D eigenvalue weighted by atomic mass is 10.2. The molecule has 0 fully saturated rings. The summed E-state index contributed by atoms with van der Waals surface area (Å²) in [5, 5.41) is 12.1. The van der Waals surface area contributed by atoms with E-state index >= 15 is 0 Å². The number of aromatic nitrogens is 3. The SMILES string of the molecule is C=CCn1c(SCC(=O)Nc2cccc(OC)c2)nnc1-c1ccc(OC)c(OC)c1. The number of nitrogens with zero attached hydrogens (tertiary/aromatic N) is 3. The molecular weight excluding hydrogens is 416 g/mol. The van der Waals surface area contributed by atoms with Gasteiger partial charge in [0.05, 0.1) is 27.1 Å². The Balaban J connectivity index is 1.76. The summed E-state index contributed by atoms with van der Waals surface area (Å²) in [7, 11) is 4.75. The van der Waals surface area contributed by atoms with Gasteiger partial charge in [-0.1, -0.05) is 23.9 Å². The van der Waals surface area contributed by atoms with Crippen LogP contribution in [0.3, 0.4) is 0 Å². The normalized spacial score (nSPS) is 10.4. The second kappa shape index (κ2) is 10.5. The quantitative estimate of drug-likeness (QED) is 0.378. The molecule has 1 aromatic heterocycles. The number of ether oxygens (including phenoxy) is 3. The van der Waals surface area contributed by atoms with Crippen LogP contribution in [0.4, 0.5) is 5.69 Å². The van der Waals surface area contributed by atoms with Gasteiger partial charge >= 0.3 is 0 Å². The molecule has 1 amide bonds. The predicted molar refractivity (Wildman–Crippen MR) is 121 cm³/mol. The minimum absolute atomic E-state index is 0.154. The first-order valence-corrected chi connectivity index (χ1v) is 10.4. The molecule has 0 saturated heterocycles. The topological polar surface area (TPSA) is 87.5 Å². The van der Waals surface area contributed by atoms with E-state index in [-0.39, 0.29) is 11.7 Å². The van der Waals surface area contributed by atoms with E-state index in [1.807, 2.05) is 34.9 Å². The Hall–Kier alpha value is -3.46. The monoisotopic (exact) mass is 440 g/mol. The van der Waals surface area contributed by atoms with Gasteiger partial charge in [-0.2, -0.15) is 0 Å². The summed E-state index contributed by atoms with van der Waals surface area (Å²) < 4.78 is 17.8. The molecular formula is C22H24N4O4S. The van der Waals surface area contributed by atoms with Gasteiger partial charge in [-0.25, -0.2) is 0 Å². The van der Waals surface area contributed by atoms with E-state index in [1.54, 1.807) is 39.5 Å². The van der Waals surface area contributed by atoms with Crippen molar-refractivity contribution < 1.29 is 19.0 Å². The average Bonchev–Trinajstić information content (AvgIpc) is 3.20. The first-order valence-electron chi connectivity index (χ1n) is 9.42. The molecule has 0 spiro atoms. The maximum absolute atomic E-state index is 12.4. The maximum Gasteiger partial charge on any atom is 0.234 e. The molecule has 0 radical (unpaired) electrons. The Morgan fingerprint density at radius 2 is 1.90 bits per heavy atom. The highest BCUT2D eigenvalue weighted by Gasteiger charge is 2.17. The summed E-state index contributed by atoms with van der Waals surface area (Å²) >= 11 is 1.30. The largest absolute Gasteiger partial charge is 0.497 e. The van der Waals surface area contributed by atoms with Gasteiger partial charge in [0.2, 0.25) is 5.91 Å². The van der Waals surface area contributed by atoms with Crippen molar-refractivity contribution in [1.82, 2.24) is 14.8 Å². The number of carbonyl (C=O) groups is 1. The smallest absolute Gasteiger partial charge is 0.234 e. The van der Waals surface area contributed by atoms with Crippen molar-refractivity contribution in [1.29, 1.82) is 0 Å². The molecule has 31 heavy (non-hydrogen) atoms. The van der Waals surface area contributed by atoms with Crippen molar-refractivity contribution in [3.8, 4) is 28.6 Å². The fourth-order valence-corrected chi connectivity index (χ4v) is 3.65. The number of anilines is 1. The average molecular weight is 441 g/mol. The number of thioether (sulfide) groups is 1. The molecule has 3 rings (SSSR count). The molecule has 8 nitrogen and oxygen atoms in total. The van der Waals surface area contributed by atoms with Gasteiger partial charge in [-0.15, -0.1) is 16.8 Å². The zero-order valence-corrected chi connectivity index (χ0v) is 18.4. The minimum atomic E-state index is -0.154. The van der Waals surface area contributed by atoms with Gasteiger partial charge in [-0.05, 0) is 30.3 Å². The first kappa shape index (κ1) is 22.2. The lowest BCUT2D eigenvalue weighted by Crippen LogP contribution is -2.14. The molecule has 9 heteroatoms. The lowest BCUT2D eigenvalue weighted by molar-refractivity contribution is -0.113. The highest BCUT2D eigenvalue weighted by atomic mass is 32.2. The number of rotatable bonds is 10. The number of methoxy groups -OCH3 is 3. The van der Waals surface area contributed by atoms with Crippen LogP contribution < -0.4 is 19.5 Å². The van der Waals surface area contributed by atoms with Gasteiger partial charge in [0, 0.05) is 23.9 Å². The van der Waals surface area contributed by atoms with Crippen molar-refractivity contribution in [2.24, 2.45) is 0 Å². The van der Waals surface area contributed by atoms with Crippen LogP contribution in [0.5, 0.6) is 17.2 Å². The van der Waals surface area contributed by atoms with Crippen LogP contribution in [0, 0.1) is 0 Å².